The van der Waals surface area contributed by atoms with Gasteiger partial charge in [-0.25, -0.2) is 0 Å². The van der Waals surface area contributed by atoms with Crippen molar-refractivity contribution in [3.63, 3.8) is 0 Å². The average molecular weight is 289 g/mol. The van der Waals surface area contributed by atoms with Crippen LogP contribution in [0.3, 0.4) is 0 Å². The van der Waals surface area contributed by atoms with Gasteiger partial charge >= 0.3 is 0 Å². The van der Waals surface area contributed by atoms with Crippen molar-refractivity contribution in [3.05, 3.63) is 29.8 Å². The Morgan fingerprint density at radius 1 is 1.33 bits per heavy atom. The normalized spacial score (nSPS) is 10.9. The number of aromatic amines is 1. The zero-order valence-electron chi connectivity index (χ0n) is 12.2. The van der Waals surface area contributed by atoms with E-state index in [1.807, 2.05) is 13.8 Å². The first kappa shape index (κ1) is 15.1. The monoisotopic (exact) mass is 289 g/mol. The number of nitrogens with zero attached hydrogens (tertiary/aromatic N) is 4. The van der Waals surface area contributed by atoms with Crippen molar-refractivity contribution < 1.29 is 9.90 Å². The first-order chi connectivity index (χ1) is 10.1. The Balaban J connectivity index is 2.14. The number of rotatable bonds is 6. The number of hydrogen-bond donors (Lipinski definition) is 2. The molecule has 0 aliphatic carbocycles. The van der Waals surface area contributed by atoms with Crippen LogP contribution >= 0.6 is 0 Å². The molecule has 0 saturated carbocycles. The van der Waals surface area contributed by atoms with Crippen LogP contribution in [0, 0.1) is 0 Å². The first-order valence-electron chi connectivity index (χ1n) is 6.89. The van der Waals surface area contributed by atoms with Crippen LogP contribution in [0.4, 0.5) is 0 Å². The van der Waals surface area contributed by atoms with Gasteiger partial charge in [-0.1, -0.05) is 12.1 Å². The summed E-state index contributed by atoms with van der Waals surface area (Å²) in [5.41, 5.74) is 1.40. The number of aliphatic hydroxyl groups is 1. The van der Waals surface area contributed by atoms with Gasteiger partial charge in [0.05, 0.1) is 0 Å². The standard InChI is InChI=1S/C14H19N5O2/c1-10(2)19(8-3-9-20)14(21)12-6-4-11(5-7-12)13-15-17-18-16-13/h4-7,10,20H,3,8-9H2,1-2H3,(H,15,16,17,18). The van der Waals surface area contributed by atoms with Crippen LogP contribution in [-0.4, -0.2) is 55.7 Å². The molecule has 7 heteroatoms. The van der Waals surface area contributed by atoms with Crippen LogP contribution in [0.1, 0.15) is 30.6 Å². The van der Waals surface area contributed by atoms with Crippen molar-refractivity contribution in [1.82, 2.24) is 25.5 Å². The van der Waals surface area contributed by atoms with Crippen LogP contribution in [-0.2, 0) is 0 Å². The second kappa shape index (κ2) is 6.94. The number of amides is 1. The summed E-state index contributed by atoms with van der Waals surface area (Å²) in [5.74, 6) is 0.452. The molecule has 1 amide bonds. The Morgan fingerprint density at radius 2 is 2.05 bits per heavy atom. The third-order valence-electron chi connectivity index (χ3n) is 3.18. The molecule has 7 nitrogen and oxygen atoms in total. The van der Waals surface area contributed by atoms with E-state index in [0.717, 1.165) is 5.56 Å². The van der Waals surface area contributed by atoms with Crippen molar-refractivity contribution in [1.29, 1.82) is 0 Å². The summed E-state index contributed by atoms with van der Waals surface area (Å²) in [7, 11) is 0. The maximum atomic E-state index is 12.5. The van der Waals surface area contributed by atoms with Gasteiger partial charge in [-0.05, 0) is 37.6 Å². The molecular formula is C14H19N5O2. The Bertz CT molecular complexity index is 566. The summed E-state index contributed by atoms with van der Waals surface area (Å²) in [4.78, 5) is 14.2. The lowest BCUT2D eigenvalue weighted by Gasteiger charge is -2.26. The van der Waals surface area contributed by atoms with E-state index >= 15 is 0 Å². The molecule has 2 aromatic rings. The fourth-order valence-electron chi connectivity index (χ4n) is 2.05. The van der Waals surface area contributed by atoms with E-state index in [4.69, 9.17) is 5.11 Å². The molecular weight excluding hydrogens is 270 g/mol. The molecule has 2 rings (SSSR count). The molecule has 0 aliphatic rings. The van der Waals surface area contributed by atoms with E-state index in [2.05, 4.69) is 20.6 Å². The minimum Gasteiger partial charge on any atom is -0.396 e. The van der Waals surface area contributed by atoms with Crippen LogP contribution in [0.2, 0.25) is 0 Å². The van der Waals surface area contributed by atoms with Crippen molar-refractivity contribution >= 4 is 5.91 Å². The third kappa shape index (κ3) is 3.63. The van der Waals surface area contributed by atoms with E-state index in [-0.39, 0.29) is 18.6 Å². The van der Waals surface area contributed by atoms with Crippen molar-refractivity contribution in [2.45, 2.75) is 26.3 Å². The maximum Gasteiger partial charge on any atom is 0.254 e. The van der Waals surface area contributed by atoms with Gasteiger partial charge in [0, 0.05) is 30.3 Å². The lowest BCUT2D eigenvalue weighted by atomic mass is 10.1. The largest absolute Gasteiger partial charge is 0.396 e. The fraction of sp³-hybridized carbons (Fsp3) is 0.429. The Hall–Kier alpha value is -2.28. The quantitative estimate of drug-likeness (QED) is 0.830. The van der Waals surface area contributed by atoms with Crippen LogP contribution in [0.5, 0.6) is 0 Å². The van der Waals surface area contributed by atoms with Crippen molar-refractivity contribution in [2.75, 3.05) is 13.2 Å². The average Bonchev–Trinajstić information content (AvgIpc) is 3.01. The summed E-state index contributed by atoms with van der Waals surface area (Å²) >= 11 is 0. The zero-order chi connectivity index (χ0) is 15.2. The number of H-pyrrole nitrogens is 1. The molecule has 2 N–H and O–H groups in total. The molecule has 1 aromatic heterocycles. The molecule has 112 valence electrons. The highest BCUT2D eigenvalue weighted by molar-refractivity contribution is 5.94. The molecule has 0 atom stereocenters. The highest BCUT2D eigenvalue weighted by atomic mass is 16.3. The topological polar surface area (TPSA) is 95.0 Å². The van der Waals surface area contributed by atoms with Crippen LogP contribution in [0.15, 0.2) is 24.3 Å². The molecule has 0 bridgehead atoms. The lowest BCUT2D eigenvalue weighted by Crippen LogP contribution is -2.38. The SMILES string of the molecule is CC(C)N(CCCO)C(=O)c1ccc(-c2nn[nH]n2)cc1. The summed E-state index contributed by atoms with van der Waals surface area (Å²) < 4.78 is 0. The summed E-state index contributed by atoms with van der Waals surface area (Å²) in [5, 5.41) is 22.6. The molecule has 1 heterocycles. The predicted octanol–water partition coefficient (Wildman–Crippen LogP) is 1.10. The number of aliphatic hydroxyl groups excluding tert-OH is 1. The molecule has 0 radical (unpaired) electrons. The maximum absolute atomic E-state index is 12.5. The van der Waals surface area contributed by atoms with Gasteiger partial charge in [0.2, 0.25) is 5.82 Å². The second-order valence-electron chi connectivity index (χ2n) is 4.98. The second-order valence-corrected chi connectivity index (χ2v) is 4.98. The molecule has 0 fully saturated rings. The molecule has 0 saturated heterocycles. The molecule has 0 spiro atoms. The number of benzene rings is 1. The Morgan fingerprint density at radius 3 is 2.57 bits per heavy atom. The fourth-order valence-corrected chi connectivity index (χ4v) is 2.05. The Labute approximate surface area is 123 Å². The van der Waals surface area contributed by atoms with Crippen LogP contribution < -0.4 is 0 Å². The minimum atomic E-state index is -0.0434. The van der Waals surface area contributed by atoms with Gasteiger partial charge in [-0.3, -0.25) is 4.79 Å². The summed E-state index contributed by atoms with van der Waals surface area (Å²) in [6.45, 7) is 4.54. The Kier molecular flexibility index (Phi) is 4.99. The smallest absolute Gasteiger partial charge is 0.254 e. The third-order valence-corrected chi connectivity index (χ3v) is 3.18. The van der Waals surface area contributed by atoms with Gasteiger partial charge in [0.15, 0.2) is 0 Å². The van der Waals surface area contributed by atoms with Gasteiger partial charge in [0.1, 0.15) is 0 Å². The van der Waals surface area contributed by atoms with Crippen LogP contribution in [0.25, 0.3) is 11.4 Å². The van der Waals surface area contributed by atoms with E-state index in [1.165, 1.54) is 0 Å². The number of nitrogens with one attached hydrogen (secondary N) is 1. The van der Waals surface area contributed by atoms with E-state index in [0.29, 0.717) is 24.4 Å². The zero-order valence-corrected chi connectivity index (χ0v) is 12.2. The van der Waals surface area contributed by atoms with Crippen molar-refractivity contribution in [2.24, 2.45) is 0 Å². The number of carbonyl (C=O) groups excluding carboxylic acids is 1. The van der Waals surface area contributed by atoms with Gasteiger partial charge in [-0.2, -0.15) is 5.21 Å². The van der Waals surface area contributed by atoms with Gasteiger partial charge in [-0.15, -0.1) is 10.2 Å². The highest BCUT2D eigenvalue weighted by Crippen LogP contribution is 2.16. The number of tetrazole rings is 1. The number of aromatic nitrogens is 4. The number of hydrogen-bond acceptors (Lipinski definition) is 5. The molecule has 21 heavy (non-hydrogen) atoms. The van der Waals surface area contributed by atoms with E-state index < -0.39 is 0 Å². The highest BCUT2D eigenvalue weighted by Gasteiger charge is 2.18. The minimum absolute atomic E-state index is 0.0434. The summed E-state index contributed by atoms with van der Waals surface area (Å²) in [6, 6.07) is 7.18. The van der Waals surface area contributed by atoms with Crippen molar-refractivity contribution in [3.8, 4) is 11.4 Å². The summed E-state index contributed by atoms with van der Waals surface area (Å²) in [6.07, 6.45) is 0.574. The lowest BCUT2D eigenvalue weighted by molar-refractivity contribution is 0.0693. The van der Waals surface area contributed by atoms with Gasteiger partial charge < -0.3 is 10.0 Å². The predicted molar refractivity (Wildman–Crippen MR) is 77.5 cm³/mol. The van der Waals surface area contributed by atoms with E-state index in [9.17, 15) is 4.79 Å². The van der Waals surface area contributed by atoms with E-state index in [1.54, 1.807) is 29.2 Å². The number of carbonyl (C=O) groups is 1. The van der Waals surface area contributed by atoms with Gasteiger partial charge in [0.25, 0.3) is 5.91 Å². The molecule has 1 aromatic carbocycles. The molecule has 0 aliphatic heterocycles. The molecule has 0 unspecified atom stereocenters. The first-order valence-corrected chi connectivity index (χ1v) is 6.89.